The molecule has 0 bridgehead atoms. The molecule has 0 unspecified atom stereocenters. The van der Waals surface area contributed by atoms with Gasteiger partial charge in [0.05, 0.1) is 23.3 Å². The minimum absolute atomic E-state index is 0.652. The second-order valence-electron chi connectivity index (χ2n) is 7.86. The molecule has 4 rings (SSSR count). The molecular weight excluding hydrogens is 392 g/mol. The van der Waals surface area contributed by atoms with Gasteiger partial charge >= 0.3 is 0 Å². The molecule has 4 aromatic rings. The fraction of sp³-hybridized carbons (Fsp3) is 0.0714. The fourth-order valence-electron chi connectivity index (χ4n) is 4.20. The van der Waals surface area contributed by atoms with Crippen molar-refractivity contribution in [1.82, 2.24) is 0 Å². The van der Waals surface area contributed by atoms with Gasteiger partial charge in [0.15, 0.2) is 8.07 Å². The van der Waals surface area contributed by atoms with Crippen molar-refractivity contribution < 1.29 is 0 Å². The molecule has 0 aromatic heterocycles. The third-order valence-corrected chi connectivity index (χ3v) is 10.7. The van der Waals surface area contributed by atoms with Crippen molar-refractivity contribution in [2.45, 2.75) is 13.8 Å². The molecule has 3 heteroatoms. The molecule has 148 valence electrons. The Hall–Kier alpha value is -3.92. The number of nitriles is 2. The summed E-state index contributed by atoms with van der Waals surface area (Å²) in [6.07, 6.45) is 0. The normalized spacial score (nSPS) is 10.8. The molecule has 0 saturated carbocycles. The second-order valence-corrected chi connectivity index (χ2v) is 11.7. The van der Waals surface area contributed by atoms with Gasteiger partial charge in [0.25, 0.3) is 0 Å². The zero-order chi connectivity index (χ0) is 21.8. The van der Waals surface area contributed by atoms with Gasteiger partial charge in [-0.05, 0) is 58.9 Å². The molecule has 0 N–H and O–H groups in total. The van der Waals surface area contributed by atoms with Crippen molar-refractivity contribution in [3.05, 3.63) is 119 Å². The molecule has 0 radical (unpaired) electrons. The van der Waals surface area contributed by atoms with E-state index in [1.54, 1.807) is 0 Å². The smallest absolute Gasteiger partial charge is 0.179 e. The molecule has 0 aliphatic rings. The molecule has 0 fully saturated rings. The third-order valence-electron chi connectivity index (χ3n) is 5.86. The lowest BCUT2D eigenvalue weighted by atomic mass is 10.2. The third kappa shape index (κ3) is 3.68. The number of hydrogen-bond acceptors (Lipinski definition) is 2. The molecule has 0 aliphatic heterocycles. The summed E-state index contributed by atoms with van der Waals surface area (Å²) in [7, 11) is -2.64. The average Bonchev–Trinajstić information content (AvgIpc) is 2.82. The second kappa shape index (κ2) is 8.44. The quantitative estimate of drug-likeness (QED) is 0.379. The van der Waals surface area contributed by atoms with Crippen LogP contribution in [-0.4, -0.2) is 8.07 Å². The van der Waals surface area contributed by atoms with E-state index < -0.39 is 8.07 Å². The Bertz CT molecular complexity index is 1170. The summed E-state index contributed by atoms with van der Waals surface area (Å²) >= 11 is 0. The molecule has 0 heterocycles. The van der Waals surface area contributed by atoms with E-state index in [0.717, 1.165) is 0 Å². The summed E-state index contributed by atoms with van der Waals surface area (Å²) in [6, 6.07) is 38.1. The van der Waals surface area contributed by atoms with E-state index >= 15 is 0 Å². The van der Waals surface area contributed by atoms with E-state index in [9.17, 15) is 10.5 Å². The zero-order valence-corrected chi connectivity index (χ0v) is 18.6. The molecule has 0 aliphatic carbocycles. The standard InChI is InChI=1S/C28H22N2Si/c1-21-3-11-25(12-4-21)31(26-13-5-22(2)6-14-26,27-15-7-23(19-29)8-16-27)28-17-9-24(20-30)10-18-28/h3-18H,1-2H3. The highest BCUT2D eigenvalue weighted by atomic mass is 28.3. The van der Waals surface area contributed by atoms with Gasteiger partial charge in [-0.1, -0.05) is 83.9 Å². The van der Waals surface area contributed by atoms with Gasteiger partial charge in [-0.15, -0.1) is 0 Å². The predicted octanol–water partition coefficient (Wildman–Crippen LogP) is 3.42. The van der Waals surface area contributed by atoms with E-state index in [-0.39, 0.29) is 0 Å². The van der Waals surface area contributed by atoms with Crippen LogP contribution >= 0.6 is 0 Å². The van der Waals surface area contributed by atoms with Crippen molar-refractivity contribution in [3.8, 4) is 12.1 Å². The SMILES string of the molecule is Cc1ccc([Si](c2ccc(C)cc2)(c2ccc(C#N)cc2)c2ccc(C#N)cc2)cc1. The zero-order valence-electron chi connectivity index (χ0n) is 17.6. The van der Waals surface area contributed by atoms with Crippen LogP contribution in [0.15, 0.2) is 97.1 Å². The van der Waals surface area contributed by atoms with Crippen LogP contribution < -0.4 is 20.7 Å². The summed E-state index contributed by atoms with van der Waals surface area (Å²) in [5, 5.41) is 23.6. The first-order valence-electron chi connectivity index (χ1n) is 10.2. The predicted molar refractivity (Wildman–Crippen MR) is 129 cm³/mol. The number of hydrogen-bond donors (Lipinski definition) is 0. The lowest BCUT2D eigenvalue weighted by molar-refractivity contribution is 1.47. The Morgan fingerprint density at radius 1 is 0.452 bits per heavy atom. The molecule has 0 saturated heterocycles. The molecule has 2 nitrogen and oxygen atoms in total. The largest absolute Gasteiger partial charge is 0.192 e. The molecule has 0 amide bonds. The van der Waals surface area contributed by atoms with Crippen LogP contribution in [0.25, 0.3) is 0 Å². The Morgan fingerprint density at radius 3 is 0.968 bits per heavy atom. The van der Waals surface area contributed by atoms with Gasteiger partial charge in [0.1, 0.15) is 0 Å². The van der Waals surface area contributed by atoms with Crippen LogP contribution in [0.1, 0.15) is 22.3 Å². The molecule has 4 aromatic carbocycles. The summed E-state index contributed by atoms with van der Waals surface area (Å²) in [6.45, 7) is 4.20. The van der Waals surface area contributed by atoms with Gasteiger partial charge in [-0.25, -0.2) is 0 Å². The maximum absolute atomic E-state index is 9.33. The highest BCUT2D eigenvalue weighted by Crippen LogP contribution is 2.12. The Morgan fingerprint density at radius 2 is 0.710 bits per heavy atom. The first-order valence-corrected chi connectivity index (χ1v) is 12.2. The van der Waals surface area contributed by atoms with Gasteiger partial charge < -0.3 is 0 Å². The number of nitrogens with zero attached hydrogens (tertiary/aromatic N) is 2. The summed E-state index contributed by atoms with van der Waals surface area (Å²) < 4.78 is 0. The Balaban J connectivity index is 2.11. The van der Waals surface area contributed by atoms with Crippen molar-refractivity contribution in [2.24, 2.45) is 0 Å². The lowest BCUT2D eigenvalue weighted by Gasteiger charge is -2.34. The first kappa shape index (κ1) is 20.4. The summed E-state index contributed by atoms with van der Waals surface area (Å²) in [5.41, 5.74) is 3.74. The summed E-state index contributed by atoms with van der Waals surface area (Å²) in [4.78, 5) is 0. The number of aryl methyl sites for hydroxylation is 2. The Labute approximate surface area is 184 Å². The van der Waals surface area contributed by atoms with E-state index in [4.69, 9.17) is 0 Å². The maximum Gasteiger partial charge on any atom is 0.179 e. The van der Waals surface area contributed by atoms with Crippen molar-refractivity contribution in [3.63, 3.8) is 0 Å². The molecule has 31 heavy (non-hydrogen) atoms. The molecule has 0 spiro atoms. The molecule has 0 atom stereocenters. The van der Waals surface area contributed by atoms with Gasteiger partial charge in [-0.2, -0.15) is 10.5 Å². The van der Waals surface area contributed by atoms with E-state index in [1.807, 2.05) is 24.3 Å². The van der Waals surface area contributed by atoms with E-state index in [0.29, 0.717) is 11.1 Å². The lowest BCUT2D eigenvalue weighted by Crippen LogP contribution is -2.74. The monoisotopic (exact) mass is 414 g/mol. The minimum Gasteiger partial charge on any atom is -0.192 e. The highest BCUT2D eigenvalue weighted by molar-refractivity contribution is 7.19. The number of rotatable bonds is 4. The van der Waals surface area contributed by atoms with Crippen molar-refractivity contribution >= 4 is 28.8 Å². The fourth-order valence-corrected chi connectivity index (χ4v) is 8.86. The van der Waals surface area contributed by atoms with Crippen molar-refractivity contribution in [1.29, 1.82) is 10.5 Å². The Kier molecular flexibility index (Phi) is 5.54. The van der Waals surface area contributed by atoms with Crippen LogP contribution in [0.3, 0.4) is 0 Å². The highest BCUT2D eigenvalue weighted by Gasteiger charge is 2.41. The number of benzene rings is 4. The first-order chi connectivity index (χ1) is 15.1. The van der Waals surface area contributed by atoms with Gasteiger partial charge in [-0.3, -0.25) is 0 Å². The van der Waals surface area contributed by atoms with Crippen LogP contribution in [0.5, 0.6) is 0 Å². The van der Waals surface area contributed by atoms with Crippen LogP contribution in [-0.2, 0) is 0 Å². The van der Waals surface area contributed by atoms with E-state index in [1.165, 1.54) is 31.9 Å². The summed E-state index contributed by atoms with van der Waals surface area (Å²) in [5.74, 6) is 0. The average molecular weight is 415 g/mol. The van der Waals surface area contributed by atoms with Gasteiger partial charge in [0, 0.05) is 0 Å². The minimum atomic E-state index is -2.64. The topological polar surface area (TPSA) is 47.6 Å². The van der Waals surface area contributed by atoms with Crippen LogP contribution in [0, 0.1) is 36.5 Å². The van der Waals surface area contributed by atoms with Crippen LogP contribution in [0.2, 0.25) is 0 Å². The molecular formula is C28H22N2Si. The van der Waals surface area contributed by atoms with Crippen LogP contribution in [0.4, 0.5) is 0 Å². The maximum atomic E-state index is 9.33. The van der Waals surface area contributed by atoms with E-state index in [2.05, 4.69) is 98.8 Å². The van der Waals surface area contributed by atoms with Gasteiger partial charge in [0.2, 0.25) is 0 Å². The van der Waals surface area contributed by atoms with Crippen molar-refractivity contribution in [2.75, 3.05) is 0 Å².